The zero-order chi connectivity index (χ0) is 15.4. The highest BCUT2D eigenvalue weighted by atomic mass is 35.5. The Hall–Kier alpha value is -0.460. The van der Waals surface area contributed by atoms with Gasteiger partial charge in [0.15, 0.2) is 0 Å². The van der Waals surface area contributed by atoms with Crippen molar-refractivity contribution in [1.82, 2.24) is 0 Å². The first kappa shape index (κ1) is 17.6. The van der Waals surface area contributed by atoms with Gasteiger partial charge in [-0.3, -0.25) is 4.57 Å². The lowest BCUT2D eigenvalue weighted by Crippen LogP contribution is -2.20. The van der Waals surface area contributed by atoms with Gasteiger partial charge in [-0.25, -0.2) is 12.8 Å². The van der Waals surface area contributed by atoms with Crippen LogP contribution in [0, 0.1) is 0 Å². The van der Waals surface area contributed by atoms with Crippen molar-refractivity contribution in [3.8, 4) is 0 Å². The molecule has 9 heteroatoms. The monoisotopic (exact) mass is 344 g/mol. The Kier molecular flexibility index (Phi) is 6.16. The van der Waals surface area contributed by atoms with Crippen LogP contribution in [0.4, 0.5) is 4.39 Å². The molecule has 0 aromatic heterocycles. The molecular weight excluding hydrogens is 330 g/mol. The Balaban J connectivity index is 3.19. The van der Waals surface area contributed by atoms with Crippen molar-refractivity contribution < 1.29 is 26.4 Å². The van der Waals surface area contributed by atoms with E-state index >= 15 is 0 Å². The summed E-state index contributed by atoms with van der Waals surface area (Å²) in [6.45, 7) is 2.67. The number of benzene rings is 1. The Labute approximate surface area is 122 Å². The molecule has 0 bridgehead atoms. The van der Waals surface area contributed by atoms with Crippen LogP contribution in [0.2, 0.25) is 5.02 Å². The van der Waals surface area contributed by atoms with Gasteiger partial charge in [-0.15, -0.1) is 0 Å². The molecule has 1 atom stereocenters. The molecule has 0 radical (unpaired) electrons. The summed E-state index contributed by atoms with van der Waals surface area (Å²) in [5.41, 5.74) is 0. The molecule has 5 nitrogen and oxygen atoms in total. The molecule has 1 aromatic carbocycles. The van der Waals surface area contributed by atoms with Gasteiger partial charge in [0.2, 0.25) is 9.84 Å². The van der Waals surface area contributed by atoms with E-state index < -0.39 is 22.7 Å². The van der Waals surface area contributed by atoms with Crippen LogP contribution >= 0.6 is 19.2 Å². The highest BCUT2D eigenvalue weighted by Crippen LogP contribution is 2.56. The quantitative estimate of drug-likeness (QED) is 0.706. The van der Waals surface area contributed by atoms with E-state index in [0.29, 0.717) is 5.02 Å². The molecule has 0 fully saturated rings. The smallest absolute Gasteiger partial charge is 0.306 e. The van der Waals surface area contributed by atoms with Crippen LogP contribution < -0.4 is 0 Å². The van der Waals surface area contributed by atoms with Crippen LogP contribution in [0.25, 0.3) is 0 Å². The molecule has 0 saturated carbocycles. The van der Waals surface area contributed by atoms with Gasteiger partial charge in [0, 0.05) is 5.02 Å². The Morgan fingerprint density at radius 1 is 1.20 bits per heavy atom. The highest BCUT2D eigenvalue weighted by Gasteiger charge is 2.46. The maximum Gasteiger partial charge on any atom is 0.380 e. The lowest BCUT2D eigenvalue weighted by atomic mass is 10.4. The van der Waals surface area contributed by atoms with Crippen molar-refractivity contribution in [2.45, 2.75) is 24.0 Å². The number of rotatable bonds is 7. The summed E-state index contributed by atoms with van der Waals surface area (Å²) >= 11 is 5.64. The summed E-state index contributed by atoms with van der Waals surface area (Å²) in [5.74, 6) is 0. The number of halogens is 2. The van der Waals surface area contributed by atoms with Crippen LogP contribution in [0.1, 0.15) is 13.8 Å². The van der Waals surface area contributed by atoms with Gasteiger partial charge in [0.25, 0.3) is 0 Å². The average Bonchev–Trinajstić information content (AvgIpc) is 2.39. The number of alkyl halides is 1. The van der Waals surface area contributed by atoms with E-state index in [-0.39, 0.29) is 18.1 Å². The summed E-state index contributed by atoms with van der Waals surface area (Å²) in [6, 6.07) is 4.86. The van der Waals surface area contributed by atoms with Crippen molar-refractivity contribution >= 4 is 29.0 Å². The topological polar surface area (TPSA) is 69.7 Å². The Morgan fingerprint density at radius 2 is 1.65 bits per heavy atom. The third kappa shape index (κ3) is 3.80. The minimum absolute atomic E-state index is 0.131. The van der Waals surface area contributed by atoms with Gasteiger partial charge in [-0.1, -0.05) is 11.6 Å². The molecule has 0 aliphatic rings. The fourth-order valence-corrected chi connectivity index (χ4v) is 5.41. The van der Waals surface area contributed by atoms with E-state index in [4.69, 9.17) is 20.6 Å². The minimum atomic E-state index is -4.50. The molecule has 0 aliphatic carbocycles. The molecule has 1 unspecified atom stereocenters. The standard InChI is InChI=1S/C11H15ClFO5PS/c1-3-17-19(14,18-4-2)11(13)20(15,16)10-7-5-9(12)6-8-10/h5-8,11H,3-4H2,1-2H3. The predicted octanol–water partition coefficient (Wildman–Crippen LogP) is 3.63. The van der Waals surface area contributed by atoms with Gasteiger partial charge in [0.05, 0.1) is 18.1 Å². The first-order valence-electron chi connectivity index (χ1n) is 5.80. The van der Waals surface area contributed by atoms with E-state index in [1.807, 2.05) is 0 Å². The van der Waals surface area contributed by atoms with Gasteiger partial charge >= 0.3 is 12.8 Å². The Bertz CT molecular complexity index is 579. The largest absolute Gasteiger partial charge is 0.380 e. The van der Waals surface area contributed by atoms with E-state index in [1.165, 1.54) is 26.0 Å². The predicted molar refractivity (Wildman–Crippen MR) is 74.4 cm³/mol. The number of sulfone groups is 1. The van der Waals surface area contributed by atoms with E-state index in [2.05, 4.69) is 0 Å². The van der Waals surface area contributed by atoms with Crippen molar-refractivity contribution in [3.05, 3.63) is 29.3 Å². The molecule has 114 valence electrons. The third-order valence-electron chi connectivity index (χ3n) is 2.26. The summed E-state index contributed by atoms with van der Waals surface area (Å²) in [5, 5.41) is -2.48. The molecule has 0 spiro atoms. The van der Waals surface area contributed by atoms with E-state index in [0.717, 1.165) is 12.1 Å². The molecule has 1 aromatic rings. The normalized spacial score (nSPS) is 14.2. The second-order valence-electron chi connectivity index (χ2n) is 3.67. The molecule has 0 N–H and O–H groups in total. The lowest BCUT2D eigenvalue weighted by Gasteiger charge is -2.20. The molecule has 0 amide bonds. The van der Waals surface area contributed by atoms with Crippen molar-refractivity contribution in [1.29, 1.82) is 0 Å². The second kappa shape index (κ2) is 7.00. The minimum Gasteiger partial charge on any atom is -0.306 e. The van der Waals surface area contributed by atoms with Crippen LogP contribution in [0.5, 0.6) is 0 Å². The van der Waals surface area contributed by atoms with Crippen molar-refractivity contribution in [3.63, 3.8) is 0 Å². The molecular formula is C11H15ClFO5PS. The summed E-state index contributed by atoms with van der Waals surface area (Å²) in [7, 11) is -8.89. The molecule has 1 rings (SSSR count). The SMILES string of the molecule is CCOP(=O)(OCC)C(F)S(=O)(=O)c1ccc(Cl)cc1. The van der Waals surface area contributed by atoms with Crippen molar-refractivity contribution in [2.24, 2.45) is 0 Å². The number of hydrogen-bond acceptors (Lipinski definition) is 5. The Morgan fingerprint density at radius 3 is 2.05 bits per heavy atom. The fraction of sp³-hybridized carbons (Fsp3) is 0.455. The van der Waals surface area contributed by atoms with Crippen LogP contribution in [0.3, 0.4) is 0 Å². The number of hydrogen-bond donors (Lipinski definition) is 0. The van der Waals surface area contributed by atoms with Gasteiger partial charge in [-0.2, -0.15) is 0 Å². The average molecular weight is 345 g/mol. The molecule has 0 aliphatic heterocycles. The zero-order valence-corrected chi connectivity index (χ0v) is 13.4. The zero-order valence-electron chi connectivity index (χ0n) is 11.0. The second-order valence-corrected chi connectivity index (χ2v) is 8.48. The van der Waals surface area contributed by atoms with E-state index in [1.54, 1.807) is 0 Å². The molecule has 0 heterocycles. The van der Waals surface area contributed by atoms with Crippen molar-refractivity contribution in [2.75, 3.05) is 13.2 Å². The highest BCUT2D eigenvalue weighted by molar-refractivity contribution is 7.98. The van der Waals surface area contributed by atoms with Crippen LogP contribution in [-0.4, -0.2) is 26.9 Å². The summed E-state index contributed by atoms with van der Waals surface area (Å²) < 4.78 is 60.0. The molecule has 0 saturated heterocycles. The third-order valence-corrected chi connectivity index (χ3v) is 7.30. The molecule has 20 heavy (non-hydrogen) atoms. The first-order valence-corrected chi connectivity index (χ1v) is 9.34. The van der Waals surface area contributed by atoms with E-state index in [9.17, 15) is 17.4 Å². The van der Waals surface area contributed by atoms with Crippen LogP contribution in [-0.2, 0) is 23.4 Å². The first-order chi connectivity index (χ1) is 9.28. The maximum absolute atomic E-state index is 14.3. The lowest BCUT2D eigenvalue weighted by molar-refractivity contribution is 0.203. The van der Waals surface area contributed by atoms with Gasteiger partial charge in [0.1, 0.15) is 0 Å². The fourth-order valence-electron chi connectivity index (χ4n) is 1.42. The van der Waals surface area contributed by atoms with Gasteiger partial charge in [-0.05, 0) is 38.1 Å². The van der Waals surface area contributed by atoms with Crippen LogP contribution in [0.15, 0.2) is 29.2 Å². The maximum atomic E-state index is 14.3. The summed E-state index contributed by atoms with van der Waals surface area (Å²) in [4.78, 5) is -0.339. The summed E-state index contributed by atoms with van der Waals surface area (Å²) in [6.07, 6.45) is 0. The van der Waals surface area contributed by atoms with Gasteiger partial charge < -0.3 is 9.05 Å².